The molecule has 1 aromatic rings. The number of piperidine rings is 1. The molecule has 28 heavy (non-hydrogen) atoms. The predicted molar refractivity (Wildman–Crippen MR) is 109 cm³/mol. The van der Waals surface area contributed by atoms with E-state index in [2.05, 4.69) is 23.7 Å². The van der Waals surface area contributed by atoms with E-state index in [0.29, 0.717) is 30.3 Å². The highest BCUT2D eigenvalue weighted by molar-refractivity contribution is 5.95. The molecule has 0 spiro atoms. The maximum Gasteiger partial charge on any atom is 0.293 e. The zero-order valence-electron chi connectivity index (χ0n) is 16.6. The van der Waals surface area contributed by atoms with Gasteiger partial charge in [-0.2, -0.15) is 0 Å². The number of nitrogens with zero attached hydrogens (tertiary/aromatic N) is 2. The number of hydrogen-bond donors (Lipinski definition) is 1. The minimum atomic E-state index is -0.396. The summed E-state index contributed by atoms with van der Waals surface area (Å²) in [6, 6.07) is 4.78. The lowest BCUT2D eigenvalue weighted by atomic mass is 9.96. The van der Waals surface area contributed by atoms with Crippen LogP contribution in [0.5, 0.6) is 0 Å². The van der Waals surface area contributed by atoms with Gasteiger partial charge in [0.1, 0.15) is 5.69 Å². The van der Waals surface area contributed by atoms with Gasteiger partial charge in [-0.05, 0) is 44.2 Å². The molecule has 0 saturated carbocycles. The Morgan fingerprint density at radius 2 is 2.21 bits per heavy atom. The van der Waals surface area contributed by atoms with Gasteiger partial charge in [-0.15, -0.1) is 0 Å². The highest BCUT2D eigenvalue weighted by Gasteiger charge is 2.29. The summed E-state index contributed by atoms with van der Waals surface area (Å²) in [7, 11) is 0. The van der Waals surface area contributed by atoms with Crippen LogP contribution < -0.4 is 10.2 Å². The lowest BCUT2D eigenvalue weighted by Crippen LogP contribution is -2.35. The number of rotatable bonds is 6. The standard InChI is InChI=1S/C21H29N3O4/c1-14(2)20-17(8-10-28-20)12-22-21(25)16-6-7-18(19(11-16)24(26)27)23-9-4-5-15(3)13-23/h6-7,11,15,17,20H,1,4-5,8-10,12-13H2,2-3H3,(H,22,25)/t15-,17-,20+/m1/s1. The Morgan fingerprint density at radius 3 is 2.89 bits per heavy atom. The molecule has 0 aromatic heterocycles. The second kappa shape index (κ2) is 8.73. The average molecular weight is 387 g/mol. The summed E-state index contributed by atoms with van der Waals surface area (Å²) < 4.78 is 5.66. The number of carbonyl (C=O) groups excluding carboxylic acids is 1. The lowest BCUT2D eigenvalue weighted by Gasteiger charge is -2.32. The van der Waals surface area contributed by atoms with Crippen LogP contribution in [0.1, 0.15) is 43.5 Å². The van der Waals surface area contributed by atoms with E-state index in [1.165, 1.54) is 6.07 Å². The molecule has 7 heteroatoms. The van der Waals surface area contributed by atoms with Crippen molar-refractivity contribution in [3.05, 3.63) is 46.0 Å². The first kappa shape index (κ1) is 20.3. The van der Waals surface area contributed by atoms with Crippen molar-refractivity contribution < 1.29 is 14.5 Å². The molecule has 1 amide bonds. The molecular formula is C21H29N3O4. The van der Waals surface area contributed by atoms with Gasteiger partial charge >= 0.3 is 0 Å². The summed E-state index contributed by atoms with van der Waals surface area (Å²) in [5.41, 5.74) is 1.85. The molecule has 7 nitrogen and oxygen atoms in total. The number of ether oxygens (including phenoxy) is 1. The molecule has 0 unspecified atom stereocenters. The number of amides is 1. The Bertz CT molecular complexity index is 764. The lowest BCUT2D eigenvalue weighted by molar-refractivity contribution is -0.384. The fraction of sp³-hybridized carbons (Fsp3) is 0.571. The van der Waals surface area contributed by atoms with Crippen LogP contribution in [-0.4, -0.2) is 43.2 Å². The Hall–Kier alpha value is -2.41. The maximum atomic E-state index is 12.6. The van der Waals surface area contributed by atoms with Gasteiger partial charge in [0.25, 0.3) is 11.6 Å². The molecule has 2 fully saturated rings. The zero-order chi connectivity index (χ0) is 20.3. The Kier molecular flexibility index (Phi) is 6.34. The summed E-state index contributed by atoms with van der Waals surface area (Å²) in [5, 5.41) is 14.5. The van der Waals surface area contributed by atoms with Gasteiger partial charge in [0.15, 0.2) is 0 Å². The van der Waals surface area contributed by atoms with E-state index in [1.54, 1.807) is 12.1 Å². The van der Waals surface area contributed by atoms with E-state index in [9.17, 15) is 14.9 Å². The Morgan fingerprint density at radius 1 is 1.43 bits per heavy atom. The molecule has 2 heterocycles. The van der Waals surface area contributed by atoms with Gasteiger partial charge in [0, 0.05) is 43.8 Å². The Balaban J connectivity index is 1.71. The van der Waals surface area contributed by atoms with E-state index >= 15 is 0 Å². The van der Waals surface area contributed by atoms with Crippen molar-refractivity contribution in [1.29, 1.82) is 0 Å². The van der Waals surface area contributed by atoms with Crippen molar-refractivity contribution in [3.63, 3.8) is 0 Å². The first-order valence-electron chi connectivity index (χ1n) is 9.95. The first-order chi connectivity index (χ1) is 13.4. The molecule has 3 atom stereocenters. The van der Waals surface area contributed by atoms with Gasteiger partial charge < -0.3 is 15.0 Å². The molecule has 0 radical (unpaired) electrons. The number of anilines is 1. The van der Waals surface area contributed by atoms with E-state index in [4.69, 9.17) is 4.74 Å². The number of hydrogen-bond acceptors (Lipinski definition) is 5. The third-order valence-corrected chi connectivity index (χ3v) is 5.66. The second-order valence-electron chi connectivity index (χ2n) is 8.05. The molecular weight excluding hydrogens is 358 g/mol. The second-order valence-corrected chi connectivity index (χ2v) is 8.05. The van der Waals surface area contributed by atoms with Gasteiger partial charge in [-0.1, -0.05) is 19.1 Å². The monoisotopic (exact) mass is 387 g/mol. The van der Waals surface area contributed by atoms with Crippen molar-refractivity contribution >= 4 is 17.3 Å². The summed E-state index contributed by atoms with van der Waals surface area (Å²) in [5.74, 6) is 0.394. The van der Waals surface area contributed by atoms with Crippen LogP contribution in [0.4, 0.5) is 11.4 Å². The molecule has 3 rings (SSSR count). The molecule has 2 saturated heterocycles. The van der Waals surface area contributed by atoms with E-state index < -0.39 is 4.92 Å². The van der Waals surface area contributed by atoms with Gasteiger partial charge in [0.05, 0.1) is 11.0 Å². The fourth-order valence-corrected chi connectivity index (χ4v) is 4.20. The van der Waals surface area contributed by atoms with E-state index in [-0.39, 0.29) is 23.6 Å². The molecule has 0 aliphatic carbocycles. The van der Waals surface area contributed by atoms with Crippen LogP contribution in [0.25, 0.3) is 0 Å². The number of nitro benzene ring substituents is 1. The topological polar surface area (TPSA) is 84.7 Å². The predicted octanol–water partition coefficient (Wildman–Crippen LogP) is 3.54. The normalized spacial score (nSPS) is 24.8. The third-order valence-electron chi connectivity index (χ3n) is 5.66. The first-order valence-corrected chi connectivity index (χ1v) is 9.95. The summed E-state index contributed by atoms with van der Waals surface area (Å²) in [6.07, 6.45) is 2.98. The summed E-state index contributed by atoms with van der Waals surface area (Å²) in [6.45, 7) is 10.8. The van der Waals surface area contributed by atoms with Crippen molar-refractivity contribution in [2.75, 3.05) is 31.1 Å². The van der Waals surface area contributed by atoms with Crippen molar-refractivity contribution in [3.8, 4) is 0 Å². The van der Waals surface area contributed by atoms with Crippen LogP contribution in [-0.2, 0) is 4.74 Å². The molecule has 1 aromatic carbocycles. The SMILES string of the molecule is C=C(C)[C@@H]1OCC[C@@H]1CNC(=O)c1ccc(N2CCC[C@@H](C)C2)c([N+](=O)[O-])c1. The highest BCUT2D eigenvalue weighted by Crippen LogP contribution is 2.32. The molecule has 0 bridgehead atoms. The molecule has 2 aliphatic heterocycles. The van der Waals surface area contributed by atoms with Crippen LogP contribution in [0.3, 0.4) is 0 Å². The quantitative estimate of drug-likeness (QED) is 0.458. The van der Waals surface area contributed by atoms with Crippen molar-refractivity contribution in [1.82, 2.24) is 5.32 Å². The van der Waals surface area contributed by atoms with Crippen LogP contribution in [0.2, 0.25) is 0 Å². The minimum Gasteiger partial charge on any atom is -0.374 e. The van der Waals surface area contributed by atoms with Crippen molar-refractivity contribution in [2.24, 2.45) is 11.8 Å². The highest BCUT2D eigenvalue weighted by atomic mass is 16.6. The van der Waals surface area contributed by atoms with Crippen LogP contribution >= 0.6 is 0 Å². The number of nitrogens with one attached hydrogen (secondary N) is 1. The zero-order valence-corrected chi connectivity index (χ0v) is 16.6. The van der Waals surface area contributed by atoms with Crippen molar-refractivity contribution in [2.45, 2.75) is 39.2 Å². The molecule has 152 valence electrons. The molecule has 1 N–H and O–H groups in total. The minimum absolute atomic E-state index is 0.00855. The van der Waals surface area contributed by atoms with Crippen LogP contribution in [0.15, 0.2) is 30.4 Å². The number of carbonyl (C=O) groups is 1. The van der Waals surface area contributed by atoms with Gasteiger partial charge in [-0.25, -0.2) is 0 Å². The summed E-state index contributed by atoms with van der Waals surface area (Å²) >= 11 is 0. The van der Waals surface area contributed by atoms with E-state index in [1.807, 2.05) is 6.92 Å². The fourth-order valence-electron chi connectivity index (χ4n) is 4.20. The van der Waals surface area contributed by atoms with Crippen LogP contribution in [0, 0.1) is 22.0 Å². The largest absolute Gasteiger partial charge is 0.374 e. The average Bonchev–Trinajstić information content (AvgIpc) is 3.14. The number of nitro groups is 1. The van der Waals surface area contributed by atoms with Gasteiger partial charge in [-0.3, -0.25) is 14.9 Å². The smallest absolute Gasteiger partial charge is 0.293 e. The molecule has 2 aliphatic rings. The maximum absolute atomic E-state index is 12.6. The third kappa shape index (κ3) is 4.52. The van der Waals surface area contributed by atoms with E-state index in [0.717, 1.165) is 37.9 Å². The summed E-state index contributed by atoms with van der Waals surface area (Å²) in [4.78, 5) is 25.9. The van der Waals surface area contributed by atoms with Gasteiger partial charge in [0.2, 0.25) is 0 Å². The number of benzene rings is 1. The Labute approximate surface area is 165 Å².